The monoisotopic (exact) mass is 357 g/mol. The maximum absolute atomic E-state index is 12.3. The van der Waals surface area contributed by atoms with Crippen LogP contribution in [0.1, 0.15) is 25.5 Å². The molecule has 1 fully saturated rings. The van der Waals surface area contributed by atoms with Crippen molar-refractivity contribution in [3.63, 3.8) is 0 Å². The molecule has 0 spiro atoms. The summed E-state index contributed by atoms with van der Waals surface area (Å²) >= 11 is 5.89. The fraction of sp³-hybridized carbons (Fsp3) is 0.368. The van der Waals surface area contributed by atoms with E-state index < -0.39 is 0 Å². The third-order valence-corrected chi connectivity index (χ3v) is 4.88. The Kier molecular flexibility index (Phi) is 5.00. The predicted octanol–water partition coefficient (Wildman–Crippen LogP) is 4.44. The van der Waals surface area contributed by atoms with E-state index in [2.05, 4.69) is 11.4 Å². The molecule has 0 saturated carbocycles. The minimum atomic E-state index is -0.314. The summed E-state index contributed by atoms with van der Waals surface area (Å²) in [5.41, 5.74) is 0.624. The number of furan rings is 1. The van der Waals surface area contributed by atoms with E-state index in [-0.39, 0.29) is 11.4 Å². The molecule has 25 heavy (non-hydrogen) atoms. The molecular formula is C19H20ClN3O2. The van der Waals surface area contributed by atoms with Crippen LogP contribution in [0.15, 0.2) is 40.8 Å². The van der Waals surface area contributed by atoms with Crippen LogP contribution in [0.4, 0.5) is 4.79 Å². The summed E-state index contributed by atoms with van der Waals surface area (Å²) < 4.78 is 5.78. The Morgan fingerprint density at radius 3 is 2.60 bits per heavy atom. The van der Waals surface area contributed by atoms with Crippen LogP contribution in [0.2, 0.25) is 5.02 Å². The number of nitrogens with zero attached hydrogens (tertiary/aromatic N) is 2. The highest BCUT2D eigenvalue weighted by Crippen LogP contribution is 2.29. The van der Waals surface area contributed by atoms with Gasteiger partial charge in [-0.25, -0.2) is 4.79 Å². The maximum Gasteiger partial charge on any atom is 0.317 e. The largest absolute Gasteiger partial charge is 0.459 e. The van der Waals surface area contributed by atoms with Crippen LogP contribution in [0.5, 0.6) is 0 Å². The molecule has 5 nitrogen and oxygen atoms in total. The summed E-state index contributed by atoms with van der Waals surface area (Å²) in [6.07, 6.45) is 1.41. The molecule has 3 rings (SSSR count). The normalized spacial score (nSPS) is 16.3. The van der Waals surface area contributed by atoms with Gasteiger partial charge in [-0.05, 0) is 56.2 Å². The Morgan fingerprint density at radius 1 is 1.28 bits per heavy atom. The van der Waals surface area contributed by atoms with Gasteiger partial charge in [0, 0.05) is 23.7 Å². The van der Waals surface area contributed by atoms with Gasteiger partial charge in [-0.15, -0.1) is 0 Å². The highest BCUT2D eigenvalue weighted by Gasteiger charge is 2.31. The summed E-state index contributed by atoms with van der Waals surface area (Å²) in [6, 6.07) is 13.4. The van der Waals surface area contributed by atoms with Gasteiger partial charge in [-0.3, -0.25) is 0 Å². The first-order valence-electron chi connectivity index (χ1n) is 8.28. The fourth-order valence-corrected chi connectivity index (χ4v) is 2.96. The van der Waals surface area contributed by atoms with Crippen LogP contribution in [0, 0.1) is 16.7 Å². The lowest BCUT2D eigenvalue weighted by Crippen LogP contribution is -2.46. The Balaban J connectivity index is 1.53. The number of amides is 2. The maximum atomic E-state index is 12.3. The predicted molar refractivity (Wildman–Crippen MR) is 95.9 cm³/mol. The number of carbonyl (C=O) groups is 1. The van der Waals surface area contributed by atoms with Crippen molar-refractivity contribution in [3.05, 3.63) is 47.2 Å². The molecule has 130 valence electrons. The number of piperidine rings is 1. The van der Waals surface area contributed by atoms with Crippen LogP contribution in [-0.2, 0) is 6.54 Å². The molecule has 1 N–H and O–H groups in total. The summed E-state index contributed by atoms with van der Waals surface area (Å²) in [6.45, 7) is 3.48. The lowest BCUT2D eigenvalue weighted by atomic mass is 9.82. The number of carbonyl (C=O) groups excluding carboxylic acids is 1. The van der Waals surface area contributed by atoms with Crippen molar-refractivity contribution in [2.24, 2.45) is 5.41 Å². The van der Waals surface area contributed by atoms with Gasteiger partial charge in [0.25, 0.3) is 0 Å². The number of nitrogens with one attached hydrogen (secondary N) is 1. The van der Waals surface area contributed by atoms with Gasteiger partial charge in [-0.2, -0.15) is 5.26 Å². The van der Waals surface area contributed by atoms with Gasteiger partial charge in [0.2, 0.25) is 0 Å². The zero-order chi connectivity index (χ0) is 17.9. The van der Waals surface area contributed by atoms with Gasteiger partial charge in [0.1, 0.15) is 11.5 Å². The van der Waals surface area contributed by atoms with E-state index in [0.29, 0.717) is 43.3 Å². The van der Waals surface area contributed by atoms with Gasteiger partial charge < -0.3 is 14.6 Å². The Hall–Kier alpha value is -2.45. The number of nitriles is 1. The van der Waals surface area contributed by atoms with Gasteiger partial charge in [0.05, 0.1) is 18.0 Å². The minimum absolute atomic E-state index is 0.121. The summed E-state index contributed by atoms with van der Waals surface area (Å²) in [5, 5.41) is 12.7. The van der Waals surface area contributed by atoms with Gasteiger partial charge >= 0.3 is 6.03 Å². The molecule has 1 aromatic heterocycles. The molecule has 1 aliphatic heterocycles. The Bertz CT molecular complexity index is 784. The highest BCUT2D eigenvalue weighted by molar-refractivity contribution is 6.30. The fourth-order valence-electron chi connectivity index (χ4n) is 2.83. The lowest BCUT2D eigenvalue weighted by Gasteiger charge is -2.34. The standard InChI is InChI=1S/C19H20ClN3O2/c1-19(13-21)8-10-23(11-9-19)18(24)22-12-16-6-7-17(25-16)14-2-4-15(20)5-3-14/h2-7H,8-12H2,1H3,(H,22,24). The molecule has 1 aromatic carbocycles. The summed E-state index contributed by atoms with van der Waals surface area (Å²) in [7, 11) is 0. The zero-order valence-electron chi connectivity index (χ0n) is 14.1. The number of benzene rings is 1. The second-order valence-electron chi connectivity index (χ2n) is 6.59. The molecular weight excluding hydrogens is 338 g/mol. The number of hydrogen-bond acceptors (Lipinski definition) is 3. The lowest BCUT2D eigenvalue weighted by molar-refractivity contribution is 0.155. The summed E-state index contributed by atoms with van der Waals surface area (Å²) in [4.78, 5) is 14.0. The van der Waals surface area contributed by atoms with Crippen LogP contribution < -0.4 is 5.32 Å². The van der Waals surface area contributed by atoms with Crippen molar-refractivity contribution in [2.45, 2.75) is 26.3 Å². The third kappa shape index (κ3) is 4.15. The molecule has 0 radical (unpaired) electrons. The van der Waals surface area contributed by atoms with Crippen LogP contribution >= 0.6 is 11.6 Å². The SMILES string of the molecule is CC1(C#N)CCN(C(=O)NCc2ccc(-c3ccc(Cl)cc3)o2)CC1. The van der Waals surface area contributed by atoms with E-state index in [4.69, 9.17) is 21.3 Å². The van der Waals surface area contributed by atoms with Crippen molar-refractivity contribution in [3.8, 4) is 17.4 Å². The molecule has 2 aromatic rings. The molecule has 0 unspecified atom stereocenters. The van der Waals surface area contributed by atoms with Crippen LogP contribution in [0.25, 0.3) is 11.3 Å². The smallest absolute Gasteiger partial charge is 0.317 e. The van der Waals surface area contributed by atoms with E-state index in [1.54, 1.807) is 4.90 Å². The van der Waals surface area contributed by atoms with Crippen molar-refractivity contribution < 1.29 is 9.21 Å². The molecule has 6 heteroatoms. The third-order valence-electron chi connectivity index (χ3n) is 4.63. The van der Waals surface area contributed by atoms with Crippen molar-refractivity contribution in [1.82, 2.24) is 10.2 Å². The van der Waals surface area contributed by atoms with Crippen molar-refractivity contribution >= 4 is 17.6 Å². The quantitative estimate of drug-likeness (QED) is 0.883. The highest BCUT2D eigenvalue weighted by atomic mass is 35.5. The number of urea groups is 1. The molecule has 1 aliphatic rings. The Morgan fingerprint density at radius 2 is 1.96 bits per heavy atom. The zero-order valence-corrected chi connectivity index (χ0v) is 14.8. The molecule has 2 heterocycles. The average Bonchev–Trinajstić information content (AvgIpc) is 3.10. The van der Waals surface area contributed by atoms with Crippen molar-refractivity contribution in [1.29, 1.82) is 5.26 Å². The van der Waals surface area contributed by atoms with E-state index in [9.17, 15) is 4.79 Å². The number of likely N-dealkylation sites (tertiary alicyclic amines) is 1. The second kappa shape index (κ2) is 7.20. The first kappa shape index (κ1) is 17.4. The second-order valence-corrected chi connectivity index (χ2v) is 7.03. The number of rotatable bonds is 3. The van der Waals surface area contributed by atoms with E-state index in [1.165, 1.54) is 0 Å². The molecule has 0 aliphatic carbocycles. The number of hydrogen-bond donors (Lipinski definition) is 1. The molecule has 0 bridgehead atoms. The van der Waals surface area contributed by atoms with E-state index in [0.717, 1.165) is 11.3 Å². The topological polar surface area (TPSA) is 69.3 Å². The van der Waals surface area contributed by atoms with Gasteiger partial charge in [-0.1, -0.05) is 11.6 Å². The average molecular weight is 358 g/mol. The molecule has 2 amide bonds. The van der Waals surface area contributed by atoms with Crippen LogP contribution in [-0.4, -0.2) is 24.0 Å². The first-order chi connectivity index (χ1) is 12.0. The Labute approximate surface area is 152 Å². The molecule has 1 saturated heterocycles. The van der Waals surface area contributed by atoms with E-state index >= 15 is 0 Å². The molecule has 0 atom stereocenters. The van der Waals surface area contributed by atoms with Gasteiger partial charge in [0.15, 0.2) is 0 Å². The first-order valence-corrected chi connectivity index (χ1v) is 8.66. The van der Waals surface area contributed by atoms with Crippen molar-refractivity contribution in [2.75, 3.05) is 13.1 Å². The van der Waals surface area contributed by atoms with E-state index in [1.807, 2.05) is 43.3 Å². The summed E-state index contributed by atoms with van der Waals surface area (Å²) in [5.74, 6) is 1.43. The minimum Gasteiger partial charge on any atom is -0.459 e. The van der Waals surface area contributed by atoms with Crippen LogP contribution in [0.3, 0.4) is 0 Å². The number of halogens is 1.